The minimum absolute atomic E-state index is 0. The molecule has 2 aromatic rings. The lowest BCUT2D eigenvalue weighted by Gasteiger charge is -2.19. The molecule has 2 aromatic carbocycles. The number of nitrogens with two attached hydrogens (primary N) is 1. The molecule has 0 saturated heterocycles. The first kappa shape index (κ1) is 27.3. The Labute approximate surface area is 195 Å². The quantitative estimate of drug-likeness (QED) is 0.448. The Kier molecular flexibility index (Phi) is 12.9. The third-order valence-electron chi connectivity index (χ3n) is 4.59. The Balaban J connectivity index is 0.00000512. The Morgan fingerprint density at radius 1 is 0.781 bits per heavy atom. The standard InChI is InChI=1S/C24H31NO6.ClH/c1-3-28-23(26)16-30-20-11-7-18(8-12-20)22(6-5-15-25)19-9-13-21(14-10-19)31-17-24(27)29-4-2;/h7-14,22H,3-6,15-17,25H2,1-2H3;1H. The van der Waals surface area contributed by atoms with E-state index in [-0.39, 0.29) is 31.5 Å². The van der Waals surface area contributed by atoms with Gasteiger partial charge in [-0.25, -0.2) is 9.59 Å². The third-order valence-corrected chi connectivity index (χ3v) is 4.59. The summed E-state index contributed by atoms with van der Waals surface area (Å²) in [4.78, 5) is 22.9. The van der Waals surface area contributed by atoms with Gasteiger partial charge in [0, 0.05) is 5.92 Å². The summed E-state index contributed by atoms with van der Waals surface area (Å²) in [6.07, 6.45) is 1.77. The smallest absolute Gasteiger partial charge is 0.344 e. The van der Waals surface area contributed by atoms with Crippen LogP contribution in [0.5, 0.6) is 11.5 Å². The fraction of sp³-hybridized carbons (Fsp3) is 0.417. The highest BCUT2D eigenvalue weighted by molar-refractivity contribution is 5.85. The fourth-order valence-corrected chi connectivity index (χ4v) is 3.13. The summed E-state index contributed by atoms with van der Waals surface area (Å²) in [6.45, 7) is 4.56. The third kappa shape index (κ3) is 9.16. The summed E-state index contributed by atoms with van der Waals surface area (Å²) in [5, 5.41) is 0. The summed E-state index contributed by atoms with van der Waals surface area (Å²) < 4.78 is 20.7. The molecule has 0 atom stereocenters. The number of ether oxygens (including phenoxy) is 4. The molecule has 0 unspecified atom stereocenters. The van der Waals surface area contributed by atoms with Gasteiger partial charge in [0.25, 0.3) is 0 Å². The largest absolute Gasteiger partial charge is 0.482 e. The molecule has 7 nitrogen and oxygen atoms in total. The molecule has 0 amide bonds. The van der Waals surface area contributed by atoms with Gasteiger partial charge in [0.1, 0.15) is 11.5 Å². The molecule has 0 fully saturated rings. The first-order valence-corrected chi connectivity index (χ1v) is 10.5. The molecule has 2 rings (SSSR count). The molecule has 8 heteroatoms. The zero-order valence-corrected chi connectivity index (χ0v) is 19.4. The SMILES string of the molecule is CCOC(=O)COc1ccc(C(CCCN)c2ccc(OCC(=O)OCC)cc2)cc1.Cl. The average molecular weight is 466 g/mol. The molecule has 2 N–H and O–H groups in total. The van der Waals surface area contributed by atoms with Crippen LogP contribution in [0.2, 0.25) is 0 Å². The van der Waals surface area contributed by atoms with Crippen LogP contribution in [0.15, 0.2) is 48.5 Å². The summed E-state index contributed by atoms with van der Waals surface area (Å²) >= 11 is 0. The number of esters is 2. The molecule has 0 saturated carbocycles. The van der Waals surface area contributed by atoms with E-state index in [0.717, 1.165) is 24.0 Å². The Bertz CT molecular complexity index is 745. The fourth-order valence-electron chi connectivity index (χ4n) is 3.13. The summed E-state index contributed by atoms with van der Waals surface area (Å²) in [5.74, 6) is 0.589. The number of rotatable bonds is 13. The lowest BCUT2D eigenvalue weighted by atomic mass is 9.87. The number of benzene rings is 2. The maximum atomic E-state index is 11.4. The Hall–Kier alpha value is -2.77. The van der Waals surface area contributed by atoms with Gasteiger partial charge in [-0.3, -0.25) is 0 Å². The molecule has 0 spiro atoms. The predicted molar refractivity (Wildman–Crippen MR) is 125 cm³/mol. The number of halogens is 1. The second kappa shape index (κ2) is 15.1. The number of carbonyl (C=O) groups excluding carboxylic acids is 2. The highest BCUT2D eigenvalue weighted by Crippen LogP contribution is 2.31. The van der Waals surface area contributed by atoms with Crippen LogP contribution in [-0.2, 0) is 19.1 Å². The molecule has 0 aliphatic carbocycles. The molecular weight excluding hydrogens is 434 g/mol. The van der Waals surface area contributed by atoms with Gasteiger partial charge in [0.15, 0.2) is 13.2 Å². The van der Waals surface area contributed by atoms with Crippen molar-refractivity contribution < 1.29 is 28.5 Å². The normalized spacial score (nSPS) is 10.2. The van der Waals surface area contributed by atoms with Gasteiger partial charge in [-0.1, -0.05) is 24.3 Å². The van der Waals surface area contributed by atoms with E-state index in [2.05, 4.69) is 0 Å². The average Bonchev–Trinajstić information content (AvgIpc) is 2.78. The van der Waals surface area contributed by atoms with Crippen LogP contribution < -0.4 is 15.2 Å². The van der Waals surface area contributed by atoms with Crippen molar-refractivity contribution in [3.63, 3.8) is 0 Å². The number of hydrogen-bond donors (Lipinski definition) is 1. The van der Waals surface area contributed by atoms with Crippen molar-refractivity contribution in [2.45, 2.75) is 32.6 Å². The van der Waals surface area contributed by atoms with Crippen LogP contribution in [0.4, 0.5) is 0 Å². The predicted octanol–water partition coefficient (Wildman–Crippen LogP) is 3.86. The second-order valence-corrected chi connectivity index (χ2v) is 6.81. The van der Waals surface area contributed by atoms with Crippen molar-refractivity contribution in [1.29, 1.82) is 0 Å². The zero-order valence-electron chi connectivity index (χ0n) is 18.6. The lowest BCUT2D eigenvalue weighted by molar-refractivity contribution is -0.146. The molecule has 0 aliphatic heterocycles. The van der Waals surface area contributed by atoms with E-state index in [1.165, 1.54) is 0 Å². The highest BCUT2D eigenvalue weighted by Gasteiger charge is 2.15. The van der Waals surface area contributed by atoms with E-state index in [1.807, 2.05) is 48.5 Å². The van der Waals surface area contributed by atoms with Crippen LogP contribution >= 0.6 is 12.4 Å². The number of hydrogen-bond acceptors (Lipinski definition) is 7. The van der Waals surface area contributed by atoms with E-state index in [1.54, 1.807) is 13.8 Å². The van der Waals surface area contributed by atoms with Gasteiger partial charge in [0.05, 0.1) is 13.2 Å². The van der Waals surface area contributed by atoms with Gasteiger partial charge in [-0.15, -0.1) is 12.4 Å². The van der Waals surface area contributed by atoms with Crippen molar-refractivity contribution in [2.75, 3.05) is 33.0 Å². The minimum Gasteiger partial charge on any atom is -0.482 e. The summed E-state index contributed by atoms with van der Waals surface area (Å²) in [5.41, 5.74) is 7.98. The Morgan fingerprint density at radius 3 is 1.53 bits per heavy atom. The molecule has 0 aliphatic rings. The molecule has 32 heavy (non-hydrogen) atoms. The Morgan fingerprint density at radius 2 is 1.19 bits per heavy atom. The molecule has 0 heterocycles. The molecule has 0 aromatic heterocycles. The van der Waals surface area contributed by atoms with Gasteiger partial charge in [0.2, 0.25) is 0 Å². The highest BCUT2D eigenvalue weighted by atomic mass is 35.5. The zero-order chi connectivity index (χ0) is 22.5. The maximum absolute atomic E-state index is 11.4. The molecular formula is C24H32ClNO6. The van der Waals surface area contributed by atoms with Gasteiger partial charge >= 0.3 is 11.9 Å². The van der Waals surface area contributed by atoms with Crippen LogP contribution in [0, 0.1) is 0 Å². The lowest BCUT2D eigenvalue weighted by Crippen LogP contribution is -2.14. The van der Waals surface area contributed by atoms with Gasteiger partial charge in [-0.05, 0) is 68.6 Å². The van der Waals surface area contributed by atoms with Crippen LogP contribution in [0.1, 0.15) is 43.7 Å². The maximum Gasteiger partial charge on any atom is 0.344 e. The summed E-state index contributed by atoms with van der Waals surface area (Å²) in [6, 6.07) is 15.4. The van der Waals surface area contributed by atoms with Crippen molar-refractivity contribution >= 4 is 24.3 Å². The van der Waals surface area contributed by atoms with E-state index >= 15 is 0 Å². The topological polar surface area (TPSA) is 97.1 Å². The van der Waals surface area contributed by atoms with E-state index in [4.69, 9.17) is 24.7 Å². The first-order chi connectivity index (χ1) is 15.1. The van der Waals surface area contributed by atoms with E-state index < -0.39 is 11.9 Å². The first-order valence-electron chi connectivity index (χ1n) is 10.5. The van der Waals surface area contributed by atoms with Crippen molar-refractivity contribution in [3.05, 3.63) is 59.7 Å². The monoisotopic (exact) mass is 465 g/mol. The van der Waals surface area contributed by atoms with Crippen molar-refractivity contribution in [3.8, 4) is 11.5 Å². The van der Waals surface area contributed by atoms with Crippen LogP contribution in [-0.4, -0.2) is 44.9 Å². The molecule has 0 bridgehead atoms. The van der Waals surface area contributed by atoms with E-state index in [9.17, 15) is 9.59 Å². The van der Waals surface area contributed by atoms with Crippen LogP contribution in [0.3, 0.4) is 0 Å². The number of carbonyl (C=O) groups is 2. The summed E-state index contributed by atoms with van der Waals surface area (Å²) in [7, 11) is 0. The molecule has 176 valence electrons. The second-order valence-electron chi connectivity index (χ2n) is 6.81. The van der Waals surface area contributed by atoms with Gasteiger partial charge < -0.3 is 24.7 Å². The van der Waals surface area contributed by atoms with Crippen LogP contribution in [0.25, 0.3) is 0 Å². The van der Waals surface area contributed by atoms with Gasteiger partial charge in [-0.2, -0.15) is 0 Å². The minimum atomic E-state index is -0.391. The van der Waals surface area contributed by atoms with E-state index in [0.29, 0.717) is 31.3 Å². The molecule has 0 radical (unpaired) electrons. The van der Waals surface area contributed by atoms with Crippen molar-refractivity contribution in [1.82, 2.24) is 0 Å². The van der Waals surface area contributed by atoms with Crippen molar-refractivity contribution in [2.24, 2.45) is 5.73 Å².